The van der Waals surface area contributed by atoms with E-state index in [9.17, 15) is 18.0 Å². The molecule has 2 N–H and O–H groups in total. The van der Waals surface area contributed by atoms with Gasteiger partial charge < -0.3 is 10.3 Å². The molecule has 4 nitrogen and oxygen atoms in total. The van der Waals surface area contributed by atoms with Crippen molar-refractivity contribution in [3.8, 4) is 0 Å². The van der Waals surface area contributed by atoms with Crippen molar-refractivity contribution in [1.82, 2.24) is 9.97 Å². The Morgan fingerprint density at radius 1 is 1.41 bits per heavy atom. The number of hydrogen-bond donors (Lipinski definition) is 2. The minimum absolute atomic E-state index is 0.200. The third kappa shape index (κ3) is 2.38. The predicted molar refractivity (Wildman–Crippen MR) is 55.4 cm³/mol. The highest BCUT2D eigenvalue weighted by molar-refractivity contribution is 5.91. The number of imidazole rings is 1. The summed E-state index contributed by atoms with van der Waals surface area (Å²) in [4.78, 5) is 16.4. The molecule has 1 amide bonds. The lowest BCUT2D eigenvalue weighted by Gasteiger charge is -2.00. The highest BCUT2D eigenvalue weighted by Gasteiger charge is 2.34. The normalized spacial score (nSPS) is 11.8. The molecule has 90 valence electrons. The smallest absolute Gasteiger partial charge is 0.334 e. The van der Waals surface area contributed by atoms with Crippen LogP contribution in [0.15, 0.2) is 18.2 Å². The van der Waals surface area contributed by atoms with Gasteiger partial charge in [-0.25, -0.2) is 4.98 Å². The number of carbonyl (C=O) groups is 1. The van der Waals surface area contributed by atoms with Gasteiger partial charge in [-0.15, -0.1) is 0 Å². The van der Waals surface area contributed by atoms with Gasteiger partial charge in [0.25, 0.3) is 0 Å². The van der Waals surface area contributed by atoms with Crippen molar-refractivity contribution in [2.24, 2.45) is 0 Å². The molecular weight excluding hydrogens is 235 g/mol. The van der Waals surface area contributed by atoms with Crippen LogP contribution in [0.4, 0.5) is 18.9 Å². The van der Waals surface area contributed by atoms with E-state index in [0.29, 0.717) is 5.69 Å². The van der Waals surface area contributed by atoms with Crippen molar-refractivity contribution in [2.75, 3.05) is 5.32 Å². The fourth-order valence-electron chi connectivity index (χ4n) is 1.42. The summed E-state index contributed by atoms with van der Waals surface area (Å²) in [5, 5.41) is 2.48. The molecule has 1 aromatic heterocycles. The number of alkyl halides is 3. The summed E-state index contributed by atoms with van der Waals surface area (Å²) in [5.41, 5.74) is 0.845. The number of nitrogens with one attached hydrogen (secondary N) is 2. The van der Waals surface area contributed by atoms with Gasteiger partial charge in [0.05, 0.1) is 11.0 Å². The SMILES string of the molecule is CC(=O)Nc1ccc2nc(C(F)(F)F)[nH]c2c1. The van der Waals surface area contributed by atoms with Crippen LogP contribution in [0.2, 0.25) is 0 Å². The van der Waals surface area contributed by atoms with Crippen molar-refractivity contribution >= 4 is 22.6 Å². The van der Waals surface area contributed by atoms with Gasteiger partial charge >= 0.3 is 6.18 Å². The zero-order valence-electron chi connectivity index (χ0n) is 8.72. The number of fused-ring (bicyclic) bond motifs is 1. The first-order chi connectivity index (χ1) is 7.86. The Morgan fingerprint density at radius 2 is 2.12 bits per heavy atom. The number of anilines is 1. The second kappa shape index (κ2) is 3.76. The van der Waals surface area contributed by atoms with Crippen molar-refractivity contribution in [3.63, 3.8) is 0 Å². The second-order valence-corrected chi connectivity index (χ2v) is 3.50. The Morgan fingerprint density at radius 3 is 2.71 bits per heavy atom. The highest BCUT2D eigenvalue weighted by atomic mass is 19.4. The first kappa shape index (κ1) is 11.4. The lowest BCUT2D eigenvalue weighted by Crippen LogP contribution is -2.06. The van der Waals surface area contributed by atoms with Crippen LogP contribution in [-0.4, -0.2) is 15.9 Å². The van der Waals surface area contributed by atoms with E-state index >= 15 is 0 Å². The summed E-state index contributed by atoms with van der Waals surface area (Å²) >= 11 is 0. The number of carbonyl (C=O) groups excluding carboxylic acids is 1. The molecule has 0 aliphatic carbocycles. The van der Waals surface area contributed by atoms with Gasteiger partial charge in [0, 0.05) is 12.6 Å². The average Bonchev–Trinajstić information content (AvgIpc) is 2.58. The summed E-state index contributed by atoms with van der Waals surface area (Å²) in [6.07, 6.45) is -4.51. The van der Waals surface area contributed by atoms with E-state index in [0.717, 1.165) is 0 Å². The Hall–Kier alpha value is -2.05. The van der Waals surface area contributed by atoms with Crippen LogP contribution in [0.5, 0.6) is 0 Å². The summed E-state index contributed by atoms with van der Waals surface area (Å²) < 4.78 is 37.1. The van der Waals surface area contributed by atoms with Crippen molar-refractivity contribution < 1.29 is 18.0 Å². The lowest BCUT2D eigenvalue weighted by atomic mass is 10.3. The molecule has 1 aromatic carbocycles. The summed E-state index contributed by atoms with van der Waals surface area (Å²) in [7, 11) is 0. The minimum Gasteiger partial charge on any atom is -0.334 e. The largest absolute Gasteiger partial charge is 0.449 e. The number of H-pyrrole nitrogens is 1. The van der Waals surface area contributed by atoms with Gasteiger partial charge in [-0.2, -0.15) is 13.2 Å². The number of benzene rings is 1. The molecule has 1 heterocycles. The monoisotopic (exact) mass is 243 g/mol. The Kier molecular flexibility index (Phi) is 2.53. The minimum atomic E-state index is -4.51. The van der Waals surface area contributed by atoms with Crippen molar-refractivity contribution in [3.05, 3.63) is 24.0 Å². The molecule has 0 atom stereocenters. The quantitative estimate of drug-likeness (QED) is 0.808. The Labute approximate surface area is 93.8 Å². The van der Waals surface area contributed by atoms with Gasteiger partial charge in [-0.3, -0.25) is 4.79 Å². The van der Waals surface area contributed by atoms with E-state index in [-0.39, 0.29) is 16.9 Å². The van der Waals surface area contributed by atoms with Crippen LogP contribution in [0, 0.1) is 0 Å². The Balaban J connectivity index is 2.44. The average molecular weight is 243 g/mol. The molecule has 7 heteroatoms. The molecule has 2 rings (SSSR count). The topological polar surface area (TPSA) is 57.8 Å². The second-order valence-electron chi connectivity index (χ2n) is 3.50. The van der Waals surface area contributed by atoms with E-state index < -0.39 is 12.0 Å². The fourth-order valence-corrected chi connectivity index (χ4v) is 1.42. The number of hydrogen-bond acceptors (Lipinski definition) is 2. The third-order valence-electron chi connectivity index (χ3n) is 2.07. The third-order valence-corrected chi connectivity index (χ3v) is 2.07. The van der Waals surface area contributed by atoms with E-state index in [1.54, 1.807) is 0 Å². The first-order valence-corrected chi connectivity index (χ1v) is 4.71. The van der Waals surface area contributed by atoms with Crippen LogP contribution >= 0.6 is 0 Å². The van der Waals surface area contributed by atoms with Gasteiger partial charge in [-0.05, 0) is 18.2 Å². The summed E-state index contributed by atoms with van der Waals surface area (Å²) in [5.74, 6) is -1.34. The highest BCUT2D eigenvalue weighted by Crippen LogP contribution is 2.29. The van der Waals surface area contributed by atoms with Gasteiger partial charge in [0.2, 0.25) is 11.7 Å². The maximum absolute atomic E-state index is 12.4. The van der Waals surface area contributed by atoms with Gasteiger partial charge in [0.15, 0.2) is 0 Å². The zero-order valence-corrected chi connectivity index (χ0v) is 8.72. The number of rotatable bonds is 1. The van der Waals surface area contributed by atoms with Crippen LogP contribution in [0.1, 0.15) is 12.7 Å². The number of aromatic nitrogens is 2. The molecule has 0 fully saturated rings. The summed E-state index contributed by atoms with van der Waals surface area (Å²) in [6, 6.07) is 4.30. The van der Waals surface area contributed by atoms with E-state index in [1.165, 1.54) is 25.1 Å². The van der Waals surface area contributed by atoms with Gasteiger partial charge in [-0.1, -0.05) is 0 Å². The van der Waals surface area contributed by atoms with E-state index in [1.807, 2.05) is 0 Å². The fraction of sp³-hybridized carbons (Fsp3) is 0.200. The van der Waals surface area contributed by atoms with Crippen LogP contribution < -0.4 is 5.32 Å². The van der Waals surface area contributed by atoms with Crippen LogP contribution in [0.3, 0.4) is 0 Å². The lowest BCUT2D eigenvalue weighted by molar-refractivity contribution is -0.144. The molecule has 0 radical (unpaired) electrons. The molecule has 17 heavy (non-hydrogen) atoms. The van der Waals surface area contributed by atoms with E-state index in [2.05, 4.69) is 15.3 Å². The van der Waals surface area contributed by atoms with Crippen LogP contribution in [0.25, 0.3) is 11.0 Å². The molecule has 0 spiro atoms. The number of amides is 1. The maximum Gasteiger partial charge on any atom is 0.449 e. The number of halogens is 3. The molecule has 0 saturated heterocycles. The standard InChI is InChI=1S/C10H8F3N3O/c1-5(17)14-6-2-3-7-8(4-6)16-9(15-7)10(11,12)13/h2-4H,1H3,(H,14,17)(H,15,16). The summed E-state index contributed by atoms with van der Waals surface area (Å²) in [6.45, 7) is 1.32. The van der Waals surface area contributed by atoms with E-state index in [4.69, 9.17) is 0 Å². The zero-order chi connectivity index (χ0) is 12.6. The number of aromatic amines is 1. The molecular formula is C10H8F3N3O. The van der Waals surface area contributed by atoms with Gasteiger partial charge in [0.1, 0.15) is 0 Å². The maximum atomic E-state index is 12.4. The molecule has 0 aliphatic rings. The number of nitrogens with zero attached hydrogens (tertiary/aromatic N) is 1. The van der Waals surface area contributed by atoms with Crippen molar-refractivity contribution in [1.29, 1.82) is 0 Å². The molecule has 0 saturated carbocycles. The van der Waals surface area contributed by atoms with Crippen molar-refractivity contribution in [2.45, 2.75) is 13.1 Å². The molecule has 2 aromatic rings. The Bertz CT molecular complexity index is 574. The molecule has 0 unspecified atom stereocenters. The predicted octanol–water partition coefficient (Wildman–Crippen LogP) is 2.54. The van der Waals surface area contributed by atoms with Crippen LogP contribution in [-0.2, 0) is 11.0 Å². The first-order valence-electron chi connectivity index (χ1n) is 4.71. The molecule has 0 bridgehead atoms. The molecule has 0 aliphatic heterocycles.